The number of pyridine rings is 1. The summed E-state index contributed by atoms with van der Waals surface area (Å²) in [6, 6.07) is 4.18. The summed E-state index contributed by atoms with van der Waals surface area (Å²) in [4.78, 5) is 6.75. The molecule has 20 heavy (non-hydrogen) atoms. The average molecular weight is 270 g/mol. The number of hydrogen-bond acceptors (Lipinski definition) is 3. The van der Waals surface area contributed by atoms with Gasteiger partial charge < -0.3 is 0 Å². The first-order valence-electron chi connectivity index (χ1n) is 7.41. The number of aryl methyl sites for hydroxylation is 1. The van der Waals surface area contributed by atoms with Crippen molar-refractivity contribution in [3.63, 3.8) is 0 Å². The summed E-state index contributed by atoms with van der Waals surface area (Å²) < 4.78 is 0. The van der Waals surface area contributed by atoms with Gasteiger partial charge in [-0.3, -0.25) is 15.0 Å². The Morgan fingerprint density at radius 2 is 2.35 bits per heavy atom. The van der Waals surface area contributed by atoms with E-state index >= 15 is 0 Å². The zero-order valence-corrected chi connectivity index (χ0v) is 12.0. The molecule has 106 valence electrons. The maximum Gasteiger partial charge on any atom is 0.0519 e. The van der Waals surface area contributed by atoms with Gasteiger partial charge in [-0.1, -0.05) is 6.07 Å². The molecule has 0 unspecified atom stereocenters. The molecule has 1 aliphatic rings. The third-order valence-electron chi connectivity index (χ3n) is 4.16. The van der Waals surface area contributed by atoms with Gasteiger partial charge in [0, 0.05) is 31.2 Å². The third kappa shape index (κ3) is 3.25. The fourth-order valence-corrected chi connectivity index (χ4v) is 3.08. The lowest BCUT2D eigenvalue weighted by Crippen LogP contribution is -2.35. The van der Waals surface area contributed by atoms with Gasteiger partial charge in [0.1, 0.15) is 0 Å². The topological polar surface area (TPSA) is 44.8 Å². The maximum atomic E-state index is 4.20. The van der Waals surface area contributed by atoms with E-state index in [1.54, 1.807) is 0 Å². The van der Waals surface area contributed by atoms with Crippen molar-refractivity contribution >= 4 is 0 Å². The maximum absolute atomic E-state index is 4.20. The Balaban J connectivity index is 1.58. The van der Waals surface area contributed by atoms with Crippen molar-refractivity contribution in [2.24, 2.45) is 5.92 Å². The minimum atomic E-state index is 0.736. The molecule has 4 nitrogen and oxygen atoms in total. The van der Waals surface area contributed by atoms with Crippen molar-refractivity contribution in [2.45, 2.75) is 32.7 Å². The van der Waals surface area contributed by atoms with Crippen LogP contribution >= 0.6 is 0 Å². The largest absolute Gasteiger partial charge is 0.299 e. The second-order valence-electron chi connectivity index (χ2n) is 5.84. The molecule has 0 spiro atoms. The van der Waals surface area contributed by atoms with Crippen LogP contribution in [0, 0.1) is 12.8 Å². The first-order chi connectivity index (χ1) is 9.81. The minimum Gasteiger partial charge on any atom is -0.299 e. The van der Waals surface area contributed by atoms with E-state index in [0.29, 0.717) is 0 Å². The summed E-state index contributed by atoms with van der Waals surface area (Å²) in [7, 11) is 0. The first kappa shape index (κ1) is 13.3. The molecule has 1 saturated heterocycles. The van der Waals surface area contributed by atoms with E-state index in [9.17, 15) is 0 Å². The molecule has 1 fully saturated rings. The van der Waals surface area contributed by atoms with Crippen molar-refractivity contribution in [2.75, 3.05) is 13.1 Å². The molecule has 1 atom stereocenters. The van der Waals surface area contributed by atoms with E-state index in [2.05, 4.69) is 33.1 Å². The molecule has 3 rings (SSSR count). The Hall–Kier alpha value is -1.68. The molecule has 0 aromatic carbocycles. The normalized spacial score (nSPS) is 20.1. The monoisotopic (exact) mass is 270 g/mol. The molecule has 0 saturated carbocycles. The zero-order valence-electron chi connectivity index (χ0n) is 12.0. The number of rotatable bonds is 4. The highest BCUT2D eigenvalue weighted by atomic mass is 15.1. The smallest absolute Gasteiger partial charge is 0.0519 e. The van der Waals surface area contributed by atoms with Gasteiger partial charge in [0.15, 0.2) is 0 Å². The van der Waals surface area contributed by atoms with Gasteiger partial charge in [0.2, 0.25) is 0 Å². The number of piperidine rings is 1. The molecule has 0 bridgehead atoms. The second-order valence-corrected chi connectivity index (χ2v) is 5.84. The average Bonchev–Trinajstić information content (AvgIpc) is 2.86. The Kier molecular flexibility index (Phi) is 4.11. The Morgan fingerprint density at radius 3 is 3.10 bits per heavy atom. The van der Waals surface area contributed by atoms with Crippen LogP contribution in [0.25, 0.3) is 0 Å². The van der Waals surface area contributed by atoms with Crippen LogP contribution in [-0.4, -0.2) is 33.2 Å². The highest BCUT2D eigenvalue weighted by Crippen LogP contribution is 2.22. The van der Waals surface area contributed by atoms with E-state index < -0.39 is 0 Å². The predicted molar refractivity (Wildman–Crippen MR) is 79.3 cm³/mol. The molecule has 2 aromatic rings. The van der Waals surface area contributed by atoms with Gasteiger partial charge in [-0.25, -0.2) is 0 Å². The fourth-order valence-electron chi connectivity index (χ4n) is 3.08. The Labute approximate surface area is 120 Å². The zero-order chi connectivity index (χ0) is 13.8. The lowest BCUT2D eigenvalue weighted by Gasteiger charge is -2.32. The number of aromatic amines is 1. The Morgan fingerprint density at radius 1 is 1.40 bits per heavy atom. The van der Waals surface area contributed by atoms with Crippen LogP contribution in [0.15, 0.2) is 30.7 Å². The van der Waals surface area contributed by atoms with Gasteiger partial charge in [0.05, 0.1) is 6.20 Å². The van der Waals surface area contributed by atoms with Crippen molar-refractivity contribution in [3.8, 4) is 0 Å². The van der Waals surface area contributed by atoms with Gasteiger partial charge in [0.25, 0.3) is 0 Å². The van der Waals surface area contributed by atoms with Crippen molar-refractivity contribution in [1.82, 2.24) is 20.1 Å². The predicted octanol–water partition coefficient (Wildman–Crippen LogP) is 2.57. The van der Waals surface area contributed by atoms with E-state index in [1.165, 1.54) is 42.8 Å². The third-order valence-corrected chi connectivity index (χ3v) is 4.16. The lowest BCUT2D eigenvalue weighted by molar-refractivity contribution is 0.166. The molecule has 0 amide bonds. The van der Waals surface area contributed by atoms with Crippen LogP contribution in [0.5, 0.6) is 0 Å². The van der Waals surface area contributed by atoms with E-state index in [1.807, 2.05) is 24.7 Å². The molecule has 4 heteroatoms. The number of H-pyrrole nitrogens is 1. The SMILES string of the molecule is Cc1cn[nH]c1C[C@H]1CCCN(Cc2cccnc2)C1. The number of aromatic nitrogens is 3. The molecule has 2 aromatic heterocycles. The van der Waals surface area contributed by atoms with Crippen LogP contribution in [0.3, 0.4) is 0 Å². The summed E-state index contributed by atoms with van der Waals surface area (Å²) in [5.74, 6) is 0.736. The number of nitrogens with zero attached hydrogens (tertiary/aromatic N) is 3. The van der Waals surface area contributed by atoms with E-state index in [4.69, 9.17) is 0 Å². The minimum absolute atomic E-state index is 0.736. The molecule has 3 heterocycles. The number of likely N-dealkylation sites (tertiary alicyclic amines) is 1. The quantitative estimate of drug-likeness (QED) is 0.928. The van der Waals surface area contributed by atoms with Crippen LogP contribution in [0.4, 0.5) is 0 Å². The standard InChI is InChI=1S/C16H22N4/c1-13-9-18-19-16(13)8-14-5-3-7-20(11-14)12-15-4-2-6-17-10-15/h2,4,6,9-10,14H,3,5,7-8,11-12H2,1H3,(H,18,19)/t14-/m1/s1. The summed E-state index contributed by atoms with van der Waals surface area (Å²) in [5, 5.41) is 7.27. The molecular formula is C16H22N4. The molecule has 1 N–H and O–H groups in total. The van der Waals surface area contributed by atoms with Crippen LogP contribution in [-0.2, 0) is 13.0 Å². The summed E-state index contributed by atoms with van der Waals surface area (Å²) >= 11 is 0. The number of nitrogens with one attached hydrogen (secondary N) is 1. The molecule has 0 aliphatic carbocycles. The lowest BCUT2D eigenvalue weighted by atomic mass is 9.92. The summed E-state index contributed by atoms with van der Waals surface area (Å²) in [6.45, 7) is 5.53. The van der Waals surface area contributed by atoms with Crippen LogP contribution < -0.4 is 0 Å². The van der Waals surface area contributed by atoms with Gasteiger partial charge in [-0.05, 0) is 55.8 Å². The summed E-state index contributed by atoms with van der Waals surface area (Å²) in [6.07, 6.45) is 9.47. The summed E-state index contributed by atoms with van der Waals surface area (Å²) in [5.41, 5.74) is 3.90. The van der Waals surface area contributed by atoms with Gasteiger partial charge >= 0.3 is 0 Å². The highest BCUT2D eigenvalue weighted by molar-refractivity contribution is 5.14. The van der Waals surface area contributed by atoms with Gasteiger partial charge in [-0.15, -0.1) is 0 Å². The fraction of sp³-hybridized carbons (Fsp3) is 0.500. The van der Waals surface area contributed by atoms with Crippen LogP contribution in [0.1, 0.15) is 29.7 Å². The van der Waals surface area contributed by atoms with Crippen molar-refractivity contribution < 1.29 is 0 Å². The Bertz CT molecular complexity index is 534. The number of hydrogen-bond donors (Lipinski definition) is 1. The first-order valence-corrected chi connectivity index (χ1v) is 7.41. The van der Waals surface area contributed by atoms with Gasteiger partial charge in [-0.2, -0.15) is 5.10 Å². The highest BCUT2D eigenvalue weighted by Gasteiger charge is 2.21. The second kappa shape index (κ2) is 6.18. The molecule has 1 aliphatic heterocycles. The van der Waals surface area contributed by atoms with Crippen molar-refractivity contribution in [3.05, 3.63) is 47.5 Å². The van der Waals surface area contributed by atoms with Crippen LogP contribution in [0.2, 0.25) is 0 Å². The molecule has 0 radical (unpaired) electrons. The van der Waals surface area contributed by atoms with E-state index in [-0.39, 0.29) is 0 Å². The van der Waals surface area contributed by atoms with E-state index in [0.717, 1.165) is 18.9 Å². The van der Waals surface area contributed by atoms with Crippen molar-refractivity contribution in [1.29, 1.82) is 0 Å². The molecular weight excluding hydrogens is 248 g/mol.